The zero-order valence-corrected chi connectivity index (χ0v) is 12.0. The summed E-state index contributed by atoms with van der Waals surface area (Å²) in [7, 11) is 0. The van der Waals surface area contributed by atoms with Gasteiger partial charge in [-0.1, -0.05) is 19.1 Å². The van der Waals surface area contributed by atoms with Gasteiger partial charge in [0.25, 0.3) is 0 Å². The molecular formula is C15H18F3N3. The van der Waals surface area contributed by atoms with Crippen molar-refractivity contribution in [1.29, 1.82) is 0 Å². The van der Waals surface area contributed by atoms with Crippen LogP contribution in [0, 0.1) is 0 Å². The molecule has 6 heteroatoms. The van der Waals surface area contributed by atoms with Crippen LogP contribution >= 0.6 is 0 Å². The lowest BCUT2D eigenvalue weighted by Gasteiger charge is -2.20. The van der Waals surface area contributed by atoms with Gasteiger partial charge in [0, 0.05) is 12.7 Å². The molecule has 0 radical (unpaired) electrons. The second-order valence-electron chi connectivity index (χ2n) is 4.68. The van der Waals surface area contributed by atoms with E-state index in [-0.39, 0.29) is 6.04 Å². The van der Waals surface area contributed by atoms with Gasteiger partial charge >= 0.3 is 6.18 Å². The fraction of sp³-hybridized carbons (Fsp3) is 0.400. The van der Waals surface area contributed by atoms with Crippen molar-refractivity contribution in [2.24, 2.45) is 0 Å². The summed E-state index contributed by atoms with van der Waals surface area (Å²) in [6.45, 7) is 5.36. The Morgan fingerprint density at radius 3 is 2.33 bits per heavy atom. The number of alkyl halides is 3. The van der Waals surface area contributed by atoms with E-state index in [0.717, 1.165) is 23.4 Å². The Morgan fingerprint density at radius 1 is 1.14 bits per heavy atom. The second-order valence-corrected chi connectivity index (χ2v) is 4.68. The van der Waals surface area contributed by atoms with Crippen molar-refractivity contribution in [3.8, 4) is 0 Å². The van der Waals surface area contributed by atoms with Crippen molar-refractivity contribution in [2.45, 2.75) is 32.6 Å². The normalized spacial score (nSPS) is 13.4. The molecule has 0 aliphatic carbocycles. The van der Waals surface area contributed by atoms with Crippen molar-refractivity contribution in [3.63, 3.8) is 0 Å². The Hall–Kier alpha value is -1.82. The van der Waals surface area contributed by atoms with Gasteiger partial charge in [0.2, 0.25) is 0 Å². The van der Waals surface area contributed by atoms with Gasteiger partial charge in [-0.15, -0.1) is 0 Å². The number of nitrogens with zero attached hydrogens (tertiary/aromatic N) is 2. The van der Waals surface area contributed by atoms with Crippen molar-refractivity contribution < 1.29 is 13.2 Å². The van der Waals surface area contributed by atoms with E-state index in [4.69, 9.17) is 0 Å². The quantitative estimate of drug-likeness (QED) is 0.913. The number of hydrogen-bond donors (Lipinski definition) is 1. The van der Waals surface area contributed by atoms with Crippen LogP contribution in [0.15, 0.2) is 36.5 Å². The molecule has 1 aromatic carbocycles. The van der Waals surface area contributed by atoms with Crippen molar-refractivity contribution in [2.75, 3.05) is 6.54 Å². The van der Waals surface area contributed by atoms with E-state index in [0.29, 0.717) is 13.1 Å². The van der Waals surface area contributed by atoms with Gasteiger partial charge in [0.05, 0.1) is 17.3 Å². The minimum atomic E-state index is -4.31. The molecular weight excluding hydrogens is 279 g/mol. The molecule has 0 aliphatic heterocycles. The first-order valence-electron chi connectivity index (χ1n) is 6.89. The lowest BCUT2D eigenvalue weighted by Crippen LogP contribution is -2.25. The first-order valence-corrected chi connectivity index (χ1v) is 6.89. The van der Waals surface area contributed by atoms with Crippen LogP contribution in [0.25, 0.3) is 0 Å². The maximum absolute atomic E-state index is 12.6. The van der Waals surface area contributed by atoms with Gasteiger partial charge in [-0.05, 0) is 37.2 Å². The standard InChI is InChI=1S/C15H18F3N3/c1-3-19-14(13-9-10-20-21(13)4-2)11-5-7-12(8-6-11)15(16,17)18/h5-10,14,19H,3-4H2,1-2H3. The molecule has 0 bridgehead atoms. The van der Waals surface area contributed by atoms with E-state index in [1.54, 1.807) is 6.20 Å². The fourth-order valence-corrected chi connectivity index (χ4v) is 2.31. The summed E-state index contributed by atoms with van der Waals surface area (Å²) in [5, 5.41) is 7.51. The molecule has 0 fully saturated rings. The minimum Gasteiger partial charge on any atom is -0.305 e. The molecule has 1 atom stereocenters. The Morgan fingerprint density at radius 2 is 1.81 bits per heavy atom. The molecule has 1 aromatic heterocycles. The predicted molar refractivity (Wildman–Crippen MR) is 74.9 cm³/mol. The highest BCUT2D eigenvalue weighted by atomic mass is 19.4. The van der Waals surface area contributed by atoms with Crippen LogP contribution in [0.1, 0.15) is 36.7 Å². The monoisotopic (exact) mass is 297 g/mol. The number of halogens is 3. The summed E-state index contributed by atoms with van der Waals surface area (Å²) in [6, 6.07) is 6.99. The number of aryl methyl sites for hydroxylation is 1. The second kappa shape index (κ2) is 6.30. The van der Waals surface area contributed by atoms with Crippen molar-refractivity contribution in [1.82, 2.24) is 15.1 Å². The van der Waals surface area contributed by atoms with Crippen LogP contribution < -0.4 is 5.32 Å². The van der Waals surface area contributed by atoms with Gasteiger partial charge in [-0.25, -0.2) is 0 Å². The molecule has 0 spiro atoms. The first kappa shape index (κ1) is 15.6. The SMILES string of the molecule is CCNC(c1ccc(C(F)(F)F)cc1)c1ccnn1CC. The van der Waals surface area contributed by atoms with Crippen molar-refractivity contribution >= 4 is 0 Å². The van der Waals surface area contributed by atoms with Crippen LogP contribution in [0.4, 0.5) is 13.2 Å². The summed E-state index contributed by atoms with van der Waals surface area (Å²) >= 11 is 0. The van der Waals surface area contributed by atoms with Crippen molar-refractivity contribution in [3.05, 3.63) is 53.3 Å². The highest BCUT2D eigenvalue weighted by molar-refractivity contribution is 5.31. The van der Waals surface area contributed by atoms with E-state index < -0.39 is 11.7 Å². The van der Waals surface area contributed by atoms with Crippen LogP contribution in [0.2, 0.25) is 0 Å². The molecule has 0 saturated heterocycles. The summed E-state index contributed by atoms with van der Waals surface area (Å²) in [5.41, 5.74) is 1.10. The molecule has 1 heterocycles. The van der Waals surface area contributed by atoms with Crippen LogP contribution in [-0.4, -0.2) is 16.3 Å². The van der Waals surface area contributed by atoms with E-state index >= 15 is 0 Å². The molecule has 2 aromatic rings. The largest absolute Gasteiger partial charge is 0.416 e. The third-order valence-electron chi connectivity index (χ3n) is 3.32. The van der Waals surface area contributed by atoms with Gasteiger partial charge in [0.1, 0.15) is 0 Å². The smallest absolute Gasteiger partial charge is 0.305 e. The lowest BCUT2D eigenvalue weighted by molar-refractivity contribution is -0.137. The Bertz CT molecular complexity index is 573. The number of aromatic nitrogens is 2. The van der Waals surface area contributed by atoms with Crippen LogP contribution in [0.5, 0.6) is 0 Å². The molecule has 0 amide bonds. The third kappa shape index (κ3) is 3.44. The third-order valence-corrected chi connectivity index (χ3v) is 3.32. The summed E-state index contributed by atoms with van der Waals surface area (Å²) in [4.78, 5) is 0. The Balaban J connectivity index is 2.35. The van der Waals surface area contributed by atoms with E-state index in [1.165, 1.54) is 12.1 Å². The molecule has 1 N–H and O–H groups in total. The number of benzene rings is 1. The van der Waals surface area contributed by atoms with Crippen LogP contribution in [-0.2, 0) is 12.7 Å². The average Bonchev–Trinajstić information content (AvgIpc) is 2.92. The number of nitrogens with one attached hydrogen (secondary N) is 1. The molecule has 1 unspecified atom stereocenters. The molecule has 3 nitrogen and oxygen atoms in total. The minimum absolute atomic E-state index is 0.167. The summed E-state index contributed by atoms with van der Waals surface area (Å²) in [5.74, 6) is 0. The van der Waals surface area contributed by atoms with Gasteiger partial charge in [-0.2, -0.15) is 18.3 Å². The number of rotatable bonds is 5. The highest BCUT2D eigenvalue weighted by Crippen LogP contribution is 2.31. The zero-order valence-electron chi connectivity index (χ0n) is 12.0. The average molecular weight is 297 g/mol. The van der Waals surface area contributed by atoms with Gasteiger partial charge in [-0.3, -0.25) is 4.68 Å². The summed E-state index contributed by atoms with van der Waals surface area (Å²) in [6.07, 6.45) is -2.61. The topological polar surface area (TPSA) is 29.9 Å². The Kier molecular flexibility index (Phi) is 4.67. The molecule has 114 valence electrons. The van der Waals surface area contributed by atoms with E-state index in [9.17, 15) is 13.2 Å². The maximum Gasteiger partial charge on any atom is 0.416 e. The Labute approximate surface area is 121 Å². The van der Waals surface area contributed by atoms with E-state index in [2.05, 4.69) is 10.4 Å². The molecule has 0 saturated carbocycles. The number of hydrogen-bond acceptors (Lipinski definition) is 2. The maximum atomic E-state index is 12.6. The van der Waals surface area contributed by atoms with Gasteiger partial charge < -0.3 is 5.32 Å². The lowest BCUT2D eigenvalue weighted by atomic mass is 10.0. The van der Waals surface area contributed by atoms with E-state index in [1.807, 2.05) is 24.6 Å². The predicted octanol–water partition coefficient (Wildman–Crippen LogP) is 3.62. The molecule has 0 aliphatic rings. The molecule has 21 heavy (non-hydrogen) atoms. The first-order chi connectivity index (χ1) is 9.97. The summed E-state index contributed by atoms with van der Waals surface area (Å²) < 4.78 is 39.7. The van der Waals surface area contributed by atoms with Crippen LogP contribution in [0.3, 0.4) is 0 Å². The highest BCUT2D eigenvalue weighted by Gasteiger charge is 2.30. The fourth-order valence-electron chi connectivity index (χ4n) is 2.31. The zero-order chi connectivity index (χ0) is 15.5. The molecule has 2 rings (SSSR count). The van der Waals surface area contributed by atoms with Gasteiger partial charge in [0.15, 0.2) is 0 Å².